The Morgan fingerprint density at radius 2 is 1.81 bits per heavy atom. The van der Waals surface area contributed by atoms with Crippen LogP contribution in [0.4, 0.5) is 0 Å². The van der Waals surface area contributed by atoms with Crippen molar-refractivity contribution in [2.24, 2.45) is 11.8 Å². The molecule has 2 aliphatic rings. The van der Waals surface area contributed by atoms with Crippen LogP contribution in [0, 0.1) is 11.8 Å². The molecule has 0 aromatic heterocycles. The van der Waals surface area contributed by atoms with Crippen molar-refractivity contribution in [1.82, 2.24) is 10.2 Å². The molecule has 0 spiro atoms. The Kier molecular flexibility index (Phi) is 7.01. The third kappa shape index (κ3) is 6.09. The van der Waals surface area contributed by atoms with Crippen molar-refractivity contribution >= 4 is 0 Å². The molecule has 0 heterocycles. The van der Waals surface area contributed by atoms with Crippen molar-refractivity contribution in [3.8, 4) is 11.5 Å². The summed E-state index contributed by atoms with van der Waals surface area (Å²) in [6.07, 6.45) is 5.00. The summed E-state index contributed by atoms with van der Waals surface area (Å²) in [5, 5.41) is 14.0. The number of hydrogen-bond donors (Lipinski definition) is 2. The van der Waals surface area contributed by atoms with E-state index in [9.17, 15) is 5.11 Å². The van der Waals surface area contributed by atoms with Gasteiger partial charge in [-0.3, -0.25) is 0 Å². The van der Waals surface area contributed by atoms with Gasteiger partial charge in [-0.25, -0.2) is 0 Å². The average molecular weight is 377 g/mol. The highest BCUT2D eigenvalue weighted by Gasteiger charge is 2.40. The van der Waals surface area contributed by atoms with E-state index in [1.165, 1.54) is 31.2 Å². The normalized spacial score (nSPS) is 18.4. The fourth-order valence-electron chi connectivity index (χ4n) is 3.59. The van der Waals surface area contributed by atoms with E-state index in [0.29, 0.717) is 30.1 Å². The first-order chi connectivity index (χ1) is 13.0. The minimum absolute atomic E-state index is 0.261. The molecule has 1 unspecified atom stereocenters. The van der Waals surface area contributed by atoms with Crippen molar-refractivity contribution in [1.29, 1.82) is 0 Å². The Bertz CT molecular complexity index is 587. The van der Waals surface area contributed by atoms with Crippen LogP contribution in [0.15, 0.2) is 18.2 Å². The standard InChI is InChI=1S/C22H36N2O3/c1-15(2)24(3)13-19(25)14-27-21-11-16(5-10-20(21)26-4)12-23-22(17-6-7-17)18-8-9-18/h5,10-11,15,17-19,22-23,25H,6-9,12-14H2,1-4H3. The minimum Gasteiger partial charge on any atom is -0.493 e. The van der Waals surface area contributed by atoms with Gasteiger partial charge in [0.15, 0.2) is 11.5 Å². The average Bonchev–Trinajstić information content (AvgIpc) is 3.54. The summed E-state index contributed by atoms with van der Waals surface area (Å²) in [5.74, 6) is 3.20. The molecule has 2 saturated carbocycles. The first kappa shape index (κ1) is 20.4. The second-order valence-corrected chi connectivity index (χ2v) is 8.56. The Labute approximate surface area is 164 Å². The summed E-state index contributed by atoms with van der Waals surface area (Å²) in [6.45, 7) is 5.94. The third-order valence-corrected chi connectivity index (χ3v) is 5.84. The topological polar surface area (TPSA) is 54.0 Å². The number of rotatable bonds is 12. The molecule has 2 fully saturated rings. The molecule has 0 aliphatic heterocycles. The van der Waals surface area contributed by atoms with Crippen LogP contribution in [0.3, 0.4) is 0 Å². The smallest absolute Gasteiger partial charge is 0.161 e. The fourth-order valence-corrected chi connectivity index (χ4v) is 3.59. The molecule has 5 nitrogen and oxygen atoms in total. The molecule has 0 radical (unpaired) electrons. The summed E-state index contributed by atoms with van der Waals surface area (Å²) in [5.41, 5.74) is 1.20. The van der Waals surface area contributed by atoms with Gasteiger partial charge >= 0.3 is 0 Å². The molecule has 0 saturated heterocycles. The lowest BCUT2D eigenvalue weighted by Crippen LogP contribution is -2.37. The fraction of sp³-hybridized carbons (Fsp3) is 0.727. The predicted octanol–water partition coefficient (Wildman–Crippen LogP) is 3.05. The number of methoxy groups -OCH3 is 1. The molecular weight excluding hydrogens is 340 g/mol. The zero-order chi connectivity index (χ0) is 19.4. The highest BCUT2D eigenvalue weighted by Crippen LogP contribution is 2.44. The van der Waals surface area contributed by atoms with E-state index in [1.54, 1.807) is 7.11 Å². The molecule has 1 aromatic carbocycles. The number of aliphatic hydroxyl groups excluding tert-OH is 1. The van der Waals surface area contributed by atoms with E-state index < -0.39 is 6.10 Å². The van der Waals surface area contributed by atoms with Crippen molar-refractivity contribution in [2.45, 2.75) is 64.3 Å². The van der Waals surface area contributed by atoms with E-state index >= 15 is 0 Å². The maximum absolute atomic E-state index is 10.3. The molecule has 1 aromatic rings. The van der Waals surface area contributed by atoms with Crippen LogP contribution in [0.25, 0.3) is 0 Å². The van der Waals surface area contributed by atoms with E-state index in [-0.39, 0.29) is 6.61 Å². The van der Waals surface area contributed by atoms with Crippen molar-refractivity contribution in [3.05, 3.63) is 23.8 Å². The Balaban J connectivity index is 1.54. The summed E-state index contributed by atoms with van der Waals surface area (Å²) in [4.78, 5) is 2.11. The molecule has 2 N–H and O–H groups in total. The number of nitrogens with one attached hydrogen (secondary N) is 1. The maximum atomic E-state index is 10.3. The van der Waals surface area contributed by atoms with E-state index in [0.717, 1.165) is 18.4 Å². The summed E-state index contributed by atoms with van der Waals surface area (Å²) in [6, 6.07) is 7.18. The zero-order valence-corrected chi connectivity index (χ0v) is 17.3. The number of hydrogen-bond acceptors (Lipinski definition) is 5. The van der Waals surface area contributed by atoms with Gasteiger partial charge in [-0.05, 0) is 76.1 Å². The molecule has 1 atom stereocenters. The van der Waals surface area contributed by atoms with Gasteiger partial charge in [-0.2, -0.15) is 0 Å². The molecule has 0 amide bonds. The minimum atomic E-state index is -0.530. The number of aliphatic hydroxyl groups is 1. The van der Waals surface area contributed by atoms with Crippen LogP contribution < -0.4 is 14.8 Å². The van der Waals surface area contributed by atoms with Crippen LogP contribution >= 0.6 is 0 Å². The Morgan fingerprint density at radius 3 is 2.37 bits per heavy atom. The lowest BCUT2D eigenvalue weighted by atomic mass is 10.1. The Morgan fingerprint density at radius 1 is 1.15 bits per heavy atom. The molecule has 27 heavy (non-hydrogen) atoms. The number of likely N-dealkylation sites (N-methyl/N-ethyl adjacent to an activating group) is 1. The van der Waals surface area contributed by atoms with Crippen molar-refractivity contribution in [3.63, 3.8) is 0 Å². The van der Waals surface area contributed by atoms with Gasteiger partial charge in [0.2, 0.25) is 0 Å². The van der Waals surface area contributed by atoms with Gasteiger partial charge in [0, 0.05) is 25.2 Å². The van der Waals surface area contributed by atoms with Gasteiger partial charge < -0.3 is 24.8 Å². The van der Waals surface area contributed by atoms with E-state index in [2.05, 4.69) is 30.1 Å². The van der Waals surface area contributed by atoms with Crippen LogP contribution in [-0.2, 0) is 6.54 Å². The largest absolute Gasteiger partial charge is 0.493 e. The summed E-state index contributed by atoms with van der Waals surface area (Å²) in [7, 11) is 3.66. The summed E-state index contributed by atoms with van der Waals surface area (Å²) >= 11 is 0. The first-order valence-electron chi connectivity index (χ1n) is 10.4. The van der Waals surface area contributed by atoms with Crippen LogP contribution in [-0.4, -0.2) is 55.5 Å². The number of nitrogens with zero attached hydrogens (tertiary/aromatic N) is 1. The molecule has 2 aliphatic carbocycles. The van der Waals surface area contributed by atoms with Crippen LogP contribution in [0.2, 0.25) is 0 Å². The van der Waals surface area contributed by atoms with E-state index in [1.807, 2.05) is 19.2 Å². The van der Waals surface area contributed by atoms with Gasteiger partial charge in [0.1, 0.15) is 12.7 Å². The van der Waals surface area contributed by atoms with Crippen molar-refractivity contribution < 1.29 is 14.6 Å². The number of benzene rings is 1. The molecular formula is C22H36N2O3. The highest BCUT2D eigenvalue weighted by atomic mass is 16.5. The van der Waals surface area contributed by atoms with Crippen molar-refractivity contribution in [2.75, 3.05) is 27.3 Å². The molecule has 5 heteroatoms. The van der Waals surface area contributed by atoms with Crippen LogP contribution in [0.5, 0.6) is 11.5 Å². The zero-order valence-electron chi connectivity index (χ0n) is 17.3. The summed E-state index contributed by atoms with van der Waals surface area (Å²) < 4.78 is 11.3. The predicted molar refractivity (Wildman–Crippen MR) is 108 cm³/mol. The second kappa shape index (κ2) is 9.26. The second-order valence-electron chi connectivity index (χ2n) is 8.56. The van der Waals surface area contributed by atoms with Crippen LogP contribution in [0.1, 0.15) is 45.1 Å². The van der Waals surface area contributed by atoms with Gasteiger partial charge in [-0.1, -0.05) is 6.07 Å². The third-order valence-electron chi connectivity index (χ3n) is 5.84. The molecule has 0 bridgehead atoms. The van der Waals surface area contributed by atoms with E-state index in [4.69, 9.17) is 9.47 Å². The highest BCUT2D eigenvalue weighted by molar-refractivity contribution is 5.43. The van der Waals surface area contributed by atoms with Gasteiger partial charge in [0.05, 0.1) is 7.11 Å². The number of ether oxygens (including phenoxy) is 2. The molecule has 152 valence electrons. The first-order valence-corrected chi connectivity index (χ1v) is 10.4. The Hall–Kier alpha value is -1.30. The lowest BCUT2D eigenvalue weighted by molar-refractivity contribution is 0.0668. The quantitative estimate of drug-likeness (QED) is 0.587. The SMILES string of the molecule is COc1ccc(CNC(C2CC2)C2CC2)cc1OCC(O)CN(C)C(C)C. The lowest BCUT2D eigenvalue weighted by Gasteiger charge is -2.24. The molecule has 3 rings (SSSR count). The van der Waals surface area contributed by atoms with Gasteiger partial charge in [0.25, 0.3) is 0 Å². The monoisotopic (exact) mass is 376 g/mol. The van der Waals surface area contributed by atoms with Gasteiger partial charge in [-0.15, -0.1) is 0 Å². The maximum Gasteiger partial charge on any atom is 0.161 e.